The van der Waals surface area contributed by atoms with Gasteiger partial charge in [-0.3, -0.25) is 4.98 Å². The molecule has 3 heterocycles. The van der Waals surface area contributed by atoms with Crippen LogP contribution in [-0.4, -0.2) is 9.97 Å². The molecule has 74 valence electrons. The number of pyridine rings is 1. The first kappa shape index (κ1) is 8.43. The molecular weight excluding hydrogens is 208 g/mol. The van der Waals surface area contributed by atoms with E-state index in [4.69, 9.17) is 5.73 Å². The maximum absolute atomic E-state index is 5.75. The molecule has 4 N–H and O–H groups in total. The van der Waals surface area contributed by atoms with Gasteiger partial charge in [-0.25, -0.2) is 4.98 Å². The number of nitrogen functional groups attached to an aromatic ring is 1. The van der Waals surface area contributed by atoms with Crippen LogP contribution in [0.5, 0.6) is 0 Å². The molecule has 0 atom stereocenters. The van der Waals surface area contributed by atoms with Crippen molar-refractivity contribution in [2.24, 2.45) is 0 Å². The van der Waals surface area contributed by atoms with Crippen LogP contribution < -0.4 is 10.7 Å². The number of anilines is 1. The molecule has 15 heavy (non-hydrogen) atoms. The summed E-state index contributed by atoms with van der Waals surface area (Å²) in [6.07, 6.45) is 1.76. The predicted octanol–water partition coefficient (Wildman–Crippen LogP) is 1.69. The molecule has 3 aromatic rings. The van der Waals surface area contributed by atoms with Crippen LogP contribution in [0.1, 0.15) is 0 Å². The maximum atomic E-state index is 5.75. The Morgan fingerprint density at radius 1 is 1.47 bits per heavy atom. The minimum absolute atomic E-state index is 0.529. The third kappa shape index (κ3) is 1.28. The molecule has 0 aliphatic rings. The highest BCUT2D eigenvalue weighted by atomic mass is 32.1. The number of aromatic amines is 2. The lowest BCUT2D eigenvalue weighted by Gasteiger charge is -1.96. The number of rotatable bonds is 1. The molecule has 4 nitrogen and oxygen atoms in total. The molecule has 3 aromatic heterocycles. The van der Waals surface area contributed by atoms with E-state index in [0.29, 0.717) is 5.82 Å². The van der Waals surface area contributed by atoms with Crippen LogP contribution >= 0.6 is 11.3 Å². The van der Waals surface area contributed by atoms with Gasteiger partial charge in [0.05, 0.1) is 0 Å². The first-order valence-electron chi connectivity index (χ1n) is 4.54. The summed E-state index contributed by atoms with van der Waals surface area (Å²) in [7, 11) is 0. The minimum atomic E-state index is 0.529. The van der Waals surface area contributed by atoms with Crippen molar-refractivity contribution in [1.29, 1.82) is 0 Å². The Bertz CT molecular complexity index is 597. The van der Waals surface area contributed by atoms with E-state index in [1.165, 1.54) is 4.88 Å². The van der Waals surface area contributed by atoms with Gasteiger partial charge in [-0.15, -0.1) is 11.3 Å². The molecule has 0 unspecified atom stereocenters. The summed E-state index contributed by atoms with van der Waals surface area (Å²) in [6.45, 7) is 0. The number of nitrogens with two attached hydrogens (primary N) is 1. The lowest BCUT2D eigenvalue weighted by Crippen LogP contribution is -2.00. The summed E-state index contributed by atoms with van der Waals surface area (Å²) in [5.74, 6) is 0.529. The van der Waals surface area contributed by atoms with Gasteiger partial charge in [0.15, 0.2) is 11.8 Å². The fourth-order valence-electron chi connectivity index (χ4n) is 1.62. The van der Waals surface area contributed by atoms with E-state index in [1.54, 1.807) is 17.7 Å². The summed E-state index contributed by atoms with van der Waals surface area (Å²) in [5.41, 5.74) is 8.62. The van der Waals surface area contributed by atoms with Crippen LogP contribution in [0.3, 0.4) is 0 Å². The molecule has 0 fully saturated rings. The zero-order valence-corrected chi connectivity index (χ0v) is 8.64. The molecule has 0 radical (unpaired) electrons. The van der Waals surface area contributed by atoms with Crippen molar-refractivity contribution in [2.45, 2.75) is 0 Å². The Labute approximate surface area is 89.8 Å². The molecule has 0 aliphatic heterocycles. The van der Waals surface area contributed by atoms with Crippen LogP contribution in [0.2, 0.25) is 0 Å². The summed E-state index contributed by atoms with van der Waals surface area (Å²) in [6, 6.07) is 5.98. The SMILES string of the molecule is Nc1cc(-c2cccs2)c2[nH]c[nH+]c2n1. The fourth-order valence-corrected chi connectivity index (χ4v) is 2.37. The van der Waals surface area contributed by atoms with Crippen LogP contribution in [0.4, 0.5) is 5.82 Å². The second kappa shape index (κ2) is 3.06. The van der Waals surface area contributed by atoms with Gasteiger partial charge in [0.1, 0.15) is 0 Å². The van der Waals surface area contributed by atoms with E-state index < -0.39 is 0 Å². The molecule has 0 saturated carbocycles. The number of aromatic nitrogens is 3. The first-order chi connectivity index (χ1) is 7.34. The summed E-state index contributed by atoms with van der Waals surface area (Å²) in [5, 5.41) is 2.05. The fraction of sp³-hybridized carbons (Fsp3) is 0. The van der Waals surface area contributed by atoms with Crippen LogP contribution in [-0.2, 0) is 0 Å². The molecule has 0 bridgehead atoms. The molecule has 0 amide bonds. The quantitative estimate of drug-likeness (QED) is 0.651. The van der Waals surface area contributed by atoms with Crippen molar-refractivity contribution < 1.29 is 4.98 Å². The van der Waals surface area contributed by atoms with Crippen molar-refractivity contribution in [2.75, 3.05) is 5.73 Å². The van der Waals surface area contributed by atoms with Crippen molar-refractivity contribution in [3.63, 3.8) is 0 Å². The molecule has 3 rings (SSSR count). The Morgan fingerprint density at radius 2 is 2.40 bits per heavy atom. The number of hydrogen-bond donors (Lipinski definition) is 2. The smallest absolute Gasteiger partial charge is 0.302 e. The number of imidazole rings is 1. The average Bonchev–Trinajstić information content (AvgIpc) is 2.86. The van der Waals surface area contributed by atoms with Crippen molar-refractivity contribution in [1.82, 2.24) is 9.97 Å². The number of fused-ring (bicyclic) bond motifs is 1. The number of nitrogens with zero attached hydrogens (tertiary/aromatic N) is 1. The standard InChI is InChI=1S/C10H8N4S/c11-8-4-6(7-2-1-3-15-7)9-10(14-8)13-5-12-9/h1-5H,(H3,11,12,13,14)/p+1. The molecule has 5 heteroatoms. The Balaban J connectivity index is 2.38. The number of nitrogens with one attached hydrogen (secondary N) is 2. The highest BCUT2D eigenvalue weighted by Crippen LogP contribution is 2.29. The zero-order valence-electron chi connectivity index (χ0n) is 7.82. The molecule has 0 spiro atoms. The highest BCUT2D eigenvalue weighted by Gasteiger charge is 2.14. The van der Waals surface area contributed by atoms with Crippen molar-refractivity contribution >= 4 is 28.3 Å². The second-order valence-corrected chi connectivity index (χ2v) is 4.18. The Morgan fingerprint density at radius 3 is 3.20 bits per heavy atom. The third-order valence-electron chi connectivity index (χ3n) is 2.25. The summed E-state index contributed by atoms with van der Waals surface area (Å²) in [4.78, 5) is 11.5. The lowest BCUT2D eigenvalue weighted by molar-refractivity contribution is -0.347. The molecular formula is C10H9N4S+. The van der Waals surface area contributed by atoms with E-state index in [2.05, 4.69) is 21.0 Å². The maximum Gasteiger partial charge on any atom is 0.302 e. The molecule has 0 saturated heterocycles. The van der Waals surface area contributed by atoms with E-state index in [1.807, 2.05) is 17.5 Å². The highest BCUT2D eigenvalue weighted by molar-refractivity contribution is 7.13. The summed E-state index contributed by atoms with van der Waals surface area (Å²) < 4.78 is 0. The van der Waals surface area contributed by atoms with E-state index in [0.717, 1.165) is 16.7 Å². The van der Waals surface area contributed by atoms with Gasteiger partial charge < -0.3 is 5.73 Å². The molecule has 0 aromatic carbocycles. The van der Waals surface area contributed by atoms with Gasteiger partial charge in [0.25, 0.3) is 0 Å². The topological polar surface area (TPSA) is 68.8 Å². The van der Waals surface area contributed by atoms with Crippen LogP contribution in [0, 0.1) is 0 Å². The zero-order chi connectivity index (χ0) is 10.3. The number of H-pyrrole nitrogens is 2. The van der Waals surface area contributed by atoms with Gasteiger partial charge in [-0.05, 0) is 11.4 Å². The normalized spacial score (nSPS) is 10.9. The van der Waals surface area contributed by atoms with Gasteiger partial charge in [-0.1, -0.05) is 11.1 Å². The monoisotopic (exact) mass is 217 g/mol. The van der Waals surface area contributed by atoms with Crippen LogP contribution in [0.25, 0.3) is 21.6 Å². The van der Waals surface area contributed by atoms with Gasteiger partial charge in [0, 0.05) is 16.5 Å². The second-order valence-electron chi connectivity index (χ2n) is 3.23. The lowest BCUT2D eigenvalue weighted by atomic mass is 10.2. The Kier molecular flexibility index (Phi) is 1.72. The van der Waals surface area contributed by atoms with Gasteiger partial charge in [-0.2, -0.15) is 0 Å². The number of thiophene rings is 1. The third-order valence-corrected chi connectivity index (χ3v) is 3.15. The van der Waals surface area contributed by atoms with E-state index in [9.17, 15) is 0 Å². The van der Waals surface area contributed by atoms with Gasteiger partial charge >= 0.3 is 5.65 Å². The Hall–Kier alpha value is -1.88. The predicted molar refractivity (Wildman–Crippen MR) is 60.4 cm³/mol. The molecule has 0 aliphatic carbocycles. The minimum Gasteiger partial charge on any atom is -0.370 e. The van der Waals surface area contributed by atoms with Crippen molar-refractivity contribution in [3.8, 4) is 10.4 Å². The van der Waals surface area contributed by atoms with Gasteiger partial charge in [0.2, 0.25) is 5.82 Å². The summed E-state index contributed by atoms with van der Waals surface area (Å²) >= 11 is 1.69. The van der Waals surface area contributed by atoms with Crippen molar-refractivity contribution in [3.05, 3.63) is 29.9 Å². The average molecular weight is 217 g/mol. The first-order valence-corrected chi connectivity index (χ1v) is 5.42. The largest absolute Gasteiger partial charge is 0.370 e. The van der Waals surface area contributed by atoms with Crippen LogP contribution in [0.15, 0.2) is 29.9 Å². The van der Waals surface area contributed by atoms with E-state index in [-0.39, 0.29) is 0 Å². The van der Waals surface area contributed by atoms with E-state index >= 15 is 0 Å². The number of hydrogen-bond acceptors (Lipinski definition) is 3.